The third-order valence-corrected chi connectivity index (χ3v) is 5.08. The van der Waals surface area contributed by atoms with Gasteiger partial charge in [-0.05, 0) is 50.1 Å². The molecule has 1 aromatic carbocycles. The lowest BCUT2D eigenvalue weighted by Crippen LogP contribution is -2.42. The lowest BCUT2D eigenvalue weighted by atomic mass is 10.1. The molecule has 1 aliphatic heterocycles. The van der Waals surface area contributed by atoms with Gasteiger partial charge in [0.25, 0.3) is 5.91 Å². The molecule has 0 bridgehead atoms. The van der Waals surface area contributed by atoms with Gasteiger partial charge in [0.15, 0.2) is 5.96 Å². The van der Waals surface area contributed by atoms with Gasteiger partial charge in [0.1, 0.15) is 5.75 Å². The Labute approximate surface area is 204 Å². The first-order valence-corrected chi connectivity index (χ1v) is 10.6. The van der Waals surface area contributed by atoms with Gasteiger partial charge < -0.3 is 20.6 Å². The maximum absolute atomic E-state index is 12.7. The van der Waals surface area contributed by atoms with E-state index in [0.29, 0.717) is 50.8 Å². The SMILES string of the molecule is CCNC(=NCCNC(=O)c1ccc(O)cc1)N1CCC(CN(CC)CC(F)(F)F)C1.I. The largest absolute Gasteiger partial charge is 0.508 e. The maximum Gasteiger partial charge on any atom is 0.401 e. The van der Waals surface area contributed by atoms with Gasteiger partial charge in [-0.15, -0.1) is 24.0 Å². The molecule has 1 amide bonds. The zero-order valence-corrected chi connectivity index (χ0v) is 20.8. The smallest absolute Gasteiger partial charge is 0.401 e. The van der Waals surface area contributed by atoms with Gasteiger partial charge in [-0.1, -0.05) is 6.92 Å². The van der Waals surface area contributed by atoms with E-state index in [-0.39, 0.29) is 41.6 Å². The van der Waals surface area contributed by atoms with E-state index in [1.54, 1.807) is 19.1 Å². The minimum Gasteiger partial charge on any atom is -0.508 e. The van der Waals surface area contributed by atoms with Crippen molar-refractivity contribution in [3.63, 3.8) is 0 Å². The molecule has 11 heteroatoms. The molecule has 0 spiro atoms. The van der Waals surface area contributed by atoms with Crippen molar-refractivity contribution in [3.8, 4) is 5.75 Å². The number of carbonyl (C=O) groups excluding carboxylic acids is 1. The minimum absolute atomic E-state index is 0. The molecule has 0 aromatic heterocycles. The number of aliphatic imine (C=N–C) groups is 1. The van der Waals surface area contributed by atoms with Crippen LogP contribution in [0, 0.1) is 5.92 Å². The van der Waals surface area contributed by atoms with Crippen LogP contribution in [-0.4, -0.2) is 85.3 Å². The van der Waals surface area contributed by atoms with E-state index >= 15 is 0 Å². The number of rotatable bonds is 9. The maximum atomic E-state index is 12.7. The van der Waals surface area contributed by atoms with Crippen molar-refractivity contribution < 1.29 is 23.1 Å². The molecular formula is C21H33F3IN5O2. The summed E-state index contributed by atoms with van der Waals surface area (Å²) >= 11 is 0. The minimum atomic E-state index is -4.19. The molecule has 1 aromatic rings. The second-order valence-electron chi connectivity index (χ2n) is 7.58. The standard InChI is InChI=1S/C21H32F3N5O2.HI/c1-3-25-20(27-11-10-26-19(31)17-5-7-18(30)8-6-17)29-12-9-16(14-29)13-28(4-2)15-21(22,23)24;/h5-8,16,30H,3-4,9-15H2,1-2H3,(H,25,27)(H,26,31);1H. The van der Waals surface area contributed by atoms with Crippen LogP contribution in [0.3, 0.4) is 0 Å². The summed E-state index contributed by atoms with van der Waals surface area (Å²) in [6, 6.07) is 5.99. The van der Waals surface area contributed by atoms with Crippen LogP contribution in [0.25, 0.3) is 0 Å². The van der Waals surface area contributed by atoms with Crippen molar-refractivity contribution in [1.29, 1.82) is 0 Å². The molecule has 1 heterocycles. The molecular weight excluding hydrogens is 538 g/mol. The number of likely N-dealkylation sites (tertiary alicyclic amines) is 1. The summed E-state index contributed by atoms with van der Waals surface area (Å²) in [6.45, 7) is 6.39. The number of hydrogen-bond acceptors (Lipinski definition) is 4. The monoisotopic (exact) mass is 571 g/mol. The van der Waals surface area contributed by atoms with Gasteiger partial charge in [0.2, 0.25) is 0 Å². The Morgan fingerprint density at radius 1 is 1.25 bits per heavy atom. The molecule has 0 radical (unpaired) electrons. The Morgan fingerprint density at radius 2 is 1.94 bits per heavy atom. The van der Waals surface area contributed by atoms with Crippen LogP contribution < -0.4 is 10.6 Å². The third kappa shape index (κ3) is 9.80. The van der Waals surface area contributed by atoms with Crippen LogP contribution in [0.2, 0.25) is 0 Å². The first-order valence-electron chi connectivity index (χ1n) is 10.6. The Morgan fingerprint density at radius 3 is 2.53 bits per heavy atom. The number of phenols is 1. The van der Waals surface area contributed by atoms with E-state index in [9.17, 15) is 23.1 Å². The van der Waals surface area contributed by atoms with Crippen molar-refractivity contribution in [1.82, 2.24) is 20.4 Å². The van der Waals surface area contributed by atoms with Crippen LogP contribution in [0.1, 0.15) is 30.6 Å². The molecule has 182 valence electrons. The number of carbonyl (C=O) groups is 1. The molecule has 1 fully saturated rings. The molecule has 1 unspecified atom stereocenters. The Kier molecular flexibility index (Phi) is 12.1. The average molecular weight is 571 g/mol. The van der Waals surface area contributed by atoms with Crippen molar-refractivity contribution in [3.05, 3.63) is 29.8 Å². The summed E-state index contributed by atoms with van der Waals surface area (Å²) in [5.41, 5.74) is 0.454. The lowest BCUT2D eigenvalue weighted by Gasteiger charge is -2.26. The van der Waals surface area contributed by atoms with E-state index in [2.05, 4.69) is 20.5 Å². The average Bonchev–Trinajstić information content (AvgIpc) is 3.17. The number of aromatic hydroxyl groups is 1. The Bertz CT molecular complexity index is 731. The second kappa shape index (κ2) is 13.7. The van der Waals surface area contributed by atoms with Crippen LogP contribution in [0.15, 0.2) is 29.3 Å². The molecule has 1 saturated heterocycles. The molecule has 32 heavy (non-hydrogen) atoms. The molecule has 2 rings (SSSR count). The van der Waals surface area contributed by atoms with Gasteiger partial charge in [-0.25, -0.2) is 0 Å². The summed E-state index contributed by atoms with van der Waals surface area (Å²) in [7, 11) is 0. The second-order valence-corrected chi connectivity index (χ2v) is 7.58. The fourth-order valence-corrected chi connectivity index (χ4v) is 3.57. The van der Waals surface area contributed by atoms with Crippen LogP contribution in [0.5, 0.6) is 5.75 Å². The predicted octanol–water partition coefficient (Wildman–Crippen LogP) is 2.91. The van der Waals surface area contributed by atoms with Gasteiger partial charge in [-0.3, -0.25) is 14.7 Å². The number of nitrogens with zero attached hydrogens (tertiary/aromatic N) is 3. The topological polar surface area (TPSA) is 80.2 Å². The van der Waals surface area contributed by atoms with Crippen molar-refractivity contribution in [2.75, 3.05) is 52.4 Å². The molecule has 0 aliphatic carbocycles. The molecule has 7 nitrogen and oxygen atoms in total. The third-order valence-electron chi connectivity index (χ3n) is 5.08. The zero-order valence-electron chi connectivity index (χ0n) is 18.5. The zero-order chi connectivity index (χ0) is 22.9. The van der Waals surface area contributed by atoms with Gasteiger partial charge >= 0.3 is 6.18 Å². The molecule has 0 saturated carbocycles. The highest BCUT2D eigenvalue weighted by molar-refractivity contribution is 14.0. The summed E-state index contributed by atoms with van der Waals surface area (Å²) in [5, 5.41) is 15.3. The van der Waals surface area contributed by atoms with E-state index in [1.165, 1.54) is 17.0 Å². The molecule has 3 N–H and O–H groups in total. The molecule has 1 atom stereocenters. The van der Waals surface area contributed by atoms with Crippen molar-refractivity contribution in [2.24, 2.45) is 10.9 Å². The lowest BCUT2D eigenvalue weighted by molar-refractivity contribution is -0.146. The first-order chi connectivity index (χ1) is 14.7. The van der Waals surface area contributed by atoms with Gasteiger partial charge in [0.05, 0.1) is 13.1 Å². The van der Waals surface area contributed by atoms with Crippen LogP contribution in [0.4, 0.5) is 13.2 Å². The van der Waals surface area contributed by atoms with Gasteiger partial charge in [-0.2, -0.15) is 13.2 Å². The highest BCUT2D eigenvalue weighted by Crippen LogP contribution is 2.21. The summed E-state index contributed by atoms with van der Waals surface area (Å²) in [4.78, 5) is 20.2. The fraction of sp³-hybridized carbons (Fsp3) is 0.619. The fourth-order valence-electron chi connectivity index (χ4n) is 3.57. The number of halogens is 4. The Hall–Kier alpha value is -1.76. The summed E-state index contributed by atoms with van der Waals surface area (Å²) < 4.78 is 38.1. The normalized spacial score (nSPS) is 16.8. The summed E-state index contributed by atoms with van der Waals surface area (Å²) in [5.74, 6) is 0.717. The van der Waals surface area contributed by atoms with E-state index in [4.69, 9.17) is 0 Å². The van der Waals surface area contributed by atoms with Crippen molar-refractivity contribution in [2.45, 2.75) is 26.4 Å². The van der Waals surface area contributed by atoms with Crippen LogP contribution in [-0.2, 0) is 0 Å². The number of amides is 1. The summed E-state index contributed by atoms with van der Waals surface area (Å²) in [6.07, 6.45) is -3.37. The molecule has 1 aliphatic rings. The van der Waals surface area contributed by atoms with Crippen LogP contribution >= 0.6 is 24.0 Å². The van der Waals surface area contributed by atoms with Crippen molar-refractivity contribution >= 4 is 35.8 Å². The van der Waals surface area contributed by atoms with E-state index in [0.717, 1.165) is 13.0 Å². The van der Waals surface area contributed by atoms with Gasteiger partial charge in [0, 0.05) is 38.3 Å². The van der Waals surface area contributed by atoms with E-state index in [1.807, 2.05) is 6.92 Å². The first kappa shape index (κ1) is 28.3. The Balaban J connectivity index is 0.00000512. The predicted molar refractivity (Wildman–Crippen MR) is 130 cm³/mol. The number of hydrogen-bond donors (Lipinski definition) is 3. The highest BCUT2D eigenvalue weighted by Gasteiger charge is 2.33. The highest BCUT2D eigenvalue weighted by atomic mass is 127. The number of alkyl halides is 3. The number of nitrogens with one attached hydrogen (secondary N) is 2. The van der Waals surface area contributed by atoms with E-state index < -0.39 is 12.7 Å². The number of benzene rings is 1. The number of guanidine groups is 1. The quantitative estimate of drug-likeness (QED) is 0.184. The number of phenolic OH excluding ortho intramolecular Hbond substituents is 1.